The minimum atomic E-state index is -0.299. The van der Waals surface area contributed by atoms with Crippen molar-refractivity contribution in [3.8, 4) is 11.5 Å². The number of rotatable bonds is 6. The number of benzene rings is 1. The smallest absolute Gasteiger partial charge is 0.267 e. The number of phenolic OH excluding ortho intramolecular Hbond substituents is 1. The van der Waals surface area contributed by atoms with Crippen molar-refractivity contribution in [3.63, 3.8) is 0 Å². The lowest BCUT2D eigenvalue weighted by atomic mass is 10.1. The zero-order chi connectivity index (χ0) is 16.8. The Morgan fingerprint density at radius 1 is 1.43 bits per heavy atom. The maximum absolute atomic E-state index is 11.7. The van der Waals surface area contributed by atoms with Gasteiger partial charge in [-0.15, -0.1) is 0 Å². The molecular weight excluding hydrogens is 300 g/mol. The summed E-state index contributed by atoms with van der Waals surface area (Å²) in [4.78, 5) is 23.2. The van der Waals surface area contributed by atoms with Crippen LogP contribution in [0.15, 0.2) is 28.1 Å². The van der Waals surface area contributed by atoms with Crippen LogP contribution in [0, 0.1) is 6.92 Å². The van der Waals surface area contributed by atoms with Crippen molar-refractivity contribution in [2.75, 3.05) is 7.11 Å². The van der Waals surface area contributed by atoms with Crippen LogP contribution in [-0.4, -0.2) is 34.5 Å². The van der Waals surface area contributed by atoms with Gasteiger partial charge in [0.2, 0.25) is 5.91 Å². The largest absolute Gasteiger partial charge is 0.504 e. The molecule has 0 unspecified atom stereocenters. The van der Waals surface area contributed by atoms with E-state index in [1.165, 1.54) is 19.4 Å². The number of hydrazone groups is 1. The molecule has 0 saturated heterocycles. The number of aromatic hydroxyl groups is 1. The fraction of sp³-hybridized carbons (Fsp3) is 0.267. The van der Waals surface area contributed by atoms with Gasteiger partial charge in [-0.1, -0.05) is 0 Å². The molecule has 1 heterocycles. The topological polar surface area (TPSA) is 120 Å². The first kappa shape index (κ1) is 16.3. The Morgan fingerprint density at radius 3 is 2.87 bits per heavy atom. The molecule has 1 amide bonds. The van der Waals surface area contributed by atoms with Gasteiger partial charge in [-0.25, -0.2) is 5.43 Å². The van der Waals surface area contributed by atoms with Crippen LogP contribution in [-0.2, 0) is 11.2 Å². The van der Waals surface area contributed by atoms with E-state index in [9.17, 15) is 14.7 Å². The number of aromatic amines is 2. The van der Waals surface area contributed by atoms with E-state index in [1.807, 2.05) is 0 Å². The first-order chi connectivity index (χ1) is 11.0. The Bertz CT molecular complexity index is 776. The number of H-pyrrole nitrogens is 2. The van der Waals surface area contributed by atoms with Crippen LogP contribution in [0.25, 0.3) is 0 Å². The normalized spacial score (nSPS) is 10.9. The highest BCUT2D eigenvalue weighted by molar-refractivity contribution is 5.83. The Hall–Kier alpha value is -3.03. The number of aromatic nitrogens is 2. The molecule has 122 valence electrons. The van der Waals surface area contributed by atoms with Crippen molar-refractivity contribution in [1.82, 2.24) is 15.6 Å². The van der Waals surface area contributed by atoms with Crippen LogP contribution in [0.5, 0.6) is 11.5 Å². The van der Waals surface area contributed by atoms with Crippen molar-refractivity contribution >= 4 is 12.1 Å². The zero-order valence-corrected chi connectivity index (χ0v) is 12.8. The second-order valence-corrected chi connectivity index (χ2v) is 4.91. The number of phenols is 1. The van der Waals surface area contributed by atoms with Crippen LogP contribution in [0.3, 0.4) is 0 Å². The maximum Gasteiger partial charge on any atom is 0.267 e. The summed E-state index contributed by atoms with van der Waals surface area (Å²) >= 11 is 0. The molecule has 0 aliphatic rings. The lowest BCUT2D eigenvalue weighted by Gasteiger charge is -2.03. The van der Waals surface area contributed by atoms with E-state index in [-0.39, 0.29) is 23.6 Å². The summed E-state index contributed by atoms with van der Waals surface area (Å²) in [5.74, 6) is 0.0511. The van der Waals surface area contributed by atoms with Gasteiger partial charge in [-0.05, 0) is 37.1 Å². The van der Waals surface area contributed by atoms with Gasteiger partial charge in [-0.3, -0.25) is 14.7 Å². The molecule has 0 spiro atoms. The standard InChI is InChI=1S/C15H18N4O4/c1-9-11(15(22)19-17-9)4-6-14(21)18-16-8-10-3-5-12(20)13(7-10)23-2/h3,5,7-8,20H,4,6H2,1-2H3,(H,18,21)(H2,17,19,22)/b16-8+. The van der Waals surface area contributed by atoms with E-state index in [4.69, 9.17) is 4.74 Å². The SMILES string of the molecule is COc1cc(/C=N/NC(=O)CCc2c(C)[nH][nH]c2=O)ccc1O. The number of hydrogen-bond acceptors (Lipinski definition) is 5. The number of hydrogen-bond donors (Lipinski definition) is 4. The first-order valence-corrected chi connectivity index (χ1v) is 6.96. The Kier molecular flexibility index (Phi) is 5.19. The maximum atomic E-state index is 11.7. The van der Waals surface area contributed by atoms with Crippen LogP contribution < -0.4 is 15.7 Å². The van der Waals surface area contributed by atoms with E-state index in [2.05, 4.69) is 20.7 Å². The first-order valence-electron chi connectivity index (χ1n) is 6.96. The van der Waals surface area contributed by atoms with Crippen LogP contribution in [0.4, 0.5) is 0 Å². The van der Waals surface area contributed by atoms with E-state index in [1.54, 1.807) is 19.1 Å². The number of nitrogens with one attached hydrogen (secondary N) is 3. The third-order valence-electron chi connectivity index (χ3n) is 3.30. The number of carbonyl (C=O) groups excluding carboxylic acids is 1. The molecule has 2 aromatic rings. The highest BCUT2D eigenvalue weighted by Gasteiger charge is 2.08. The monoisotopic (exact) mass is 318 g/mol. The minimum Gasteiger partial charge on any atom is -0.504 e. The molecule has 23 heavy (non-hydrogen) atoms. The molecule has 0 saturated carbocycles. The second kappa shape index (κ2) is 7.30. The van der Waals surface area contributed by atoms with E-state index in [0.717, 1.165) is 5.69 Å². The van der Waals surface area contributed by atoms with Gasteiger partial charge in [-0.2, -0.15) is 5.10 Å². The average Bonchev–Trinajstić information content (AvgIpc) is 2.85. The van der Waals surface area contributed by atoms with Crippen molar-refractivity contribution in [1.29, 1.82) is 0 Å². The number of ether oxygens (including phenoxy) is 1. The summed E-state index contributed by atoms with van der Waals surface area (Å²) in [6, 6.07) is 4.70. The van der Waals surface area contributed by atoms with Gasteiger partial charge in [0.1, 0.15) is 0 Å². The fourth-order valence-corrected chi connectivity index (χ4v) is 2.02. The Balaban J connectivity index is 1.88. The zero-order valence-electron chi connectivity index (χ0n) is 12.8. The summed E-state index contributed by atoms with van der Waals surface area (Å²) in [7, 11) is 1.45. The Morgan fingerprint density at radius 2 is 2.22 bits per heavy atom. The summed E-state index contributed by atoms with van der Waals surface area (Å²) in [6.45, 7) is 1.77. The lowest BCUT2D eigenvalue weighted by molar-refractivity contribution is -0.121. The summed E-state index contributed by atoms with van der Waals surface area (Å²) in [5, 5.41) is 18.5. The van der Waals surface area contributed by atoms with Crippen LogP contribution >= 0.6 is 0 Å². The molecule has 1 aromatic carbocycles. The summed E-state index contributed by atoms with van der Waals surface area (Å²) in [5.41, 5.74) is 4.13. The van der Waals surface area contributed by atoms with Gasteiger partial charge in [0, 0.05) is 17.7 Å². The van der Waals surface area contributed by atoms with Gasteiger partial charge >= 0.3 is 0 Å². The molecule has 0 fully saturated rings. The predicted molar refractivity (Wildman–Crippen MR) is 84.9 cm³/mol. The molecule has 0 bridgehead atoms. The van der Waals surface area contributed by atoms with E-state index < -0.39 is 0 Å². The summed E-state index contributed by atoms with van der Waals surface area (Å²) in [6.07, 6.45) is 1.92. The van der Waals surface area contributed by atoms with Crippen LogP contribution in [0.2, 0.25) is 0 Å². The molecule has 0 aliphatic heterocycles. The highest BCUT2D eigenvalue weighted by Crippen LogP contribution is 2.25. The van der Waals surface area contributed by atoms with Crippen molar-refractivity contribution < 1.29 is 14.6 Å². The van der Waals surface area contributed by atoms with Gasteiger partial charge in [0.05, 0.1) is 13.3 Å². The number of aryl methyl sites for hydroxylation is 1. The molecule has 1 aromatic heterocycles. The molecule has 4 N–H and O–H groups in total. The van der Waals surface area contributed by atoms with Crippen molar-refractivity contribution in [2.45, 2.75) is 19.8 Å². The molecule has 0 aliphatic carbocycles. The number of nitrogens with zero attached hydrogens (tertiary/aromatic N) is 1. The predicted octanol–water partition coefficient (Wildman–Crippen LogP) is 0.809. The minimum absolute atomic E-state index is 0.0285. The number of carbonyl (C=O) groups is 1. The molecule has 8 nitrogen and oxygen atoms in total. The van der Waals surface area contributed by atoms with Gasteiger partial charge in [0.25, 0.3) is 5.56 Å². The third kappa shape index (κ3) is 4.22. The molecule has 8 heteroatoms. The Labute approximate surface area is 132 Å². The van der Waals surface area contributed by atoms with E-state index in [0.29, 0.717) is 23.3 Å². The second-order valence-electron chi connectivity index (χ2n) is 4.91. The number of amides is 1. The van der Waals surface area contributed by atoms with Crippen LogP contribution in [0.1, 0.15) is 23.2 Å². The lowest BCUT2D eigenvalue weighted by Crippen LogP contribution is -2.19. The molecule has 0 radical (unpaired) electrons. The number of methoxy groups -OCH3 is 1. The highest BCUT2D eigenvalue weighted by atomic mass is 16.5. The quantitative estimate of drug-likeness (QED) is 0.465. The summed E-state index contributed by atoms with van der Waals surface area (Å²) < 4.78 is 4.98. The molecule has 0 atom stereocenters. The molecular formula is C15H18N4O4. The van der Waals surface area contributed by atoms with Gasteiger partial charge < -0.3 is 14.9 Å². The molecule has 2 rings (SSSR count). The van der Waals surface area contributed by atoms with Gasteiger partial charge in [0.15, 0.2) is 11.5 Å². The van der Waals surface area contributed by atoms with Crippen molar-refractivity contribution in [3.05, 3.63) is 45.4 Å². The fourth-order valence-electron chi connectivity index (χ4n) is 2.02. The average molecular weight is 318 g/mol. The van der Waals surface area contributed by atoms with Crippen molar-refractivity contribution in [2.24, 2.45) is 5.10 Å². The third-order valence-corrected chi connectivity index (χ3v) is 3.30. The van der Waals surface area contributed by atoms with E-state index >= 15 is 0 Å².